The first-order valence-electron chi connectivity index (χ1n) is 10.0. The maximum atomic E-state index is 13.3. The molecule has 1 aliphatic rings. The summed E-state index contributed by atoms with van der Waals surface area (Å²) >= 11 is 0. The van der Waals surface area contributed by atoms with Crippen LogP contribution in [0, 0.1) is 6.92 Å². The molecule has 1 aliphatic heterocycles. The fourth-order valence-electron chi connectivity index (χ4n) is 4.07. The molecular weight excluding hydrogens is 362 g/mol. The van der Waals surface area contributed by atoms with Crippen LogP contribution in [0.5, 0.6) is 0 Å². The van der Waals surface area contributed by atoms with Gasteiger partial charge >= 0.3 is 6.03 Å². The molecule has 150 valence electrons. The average Bonchev–Trinajstić information content (AvgIpc) is 3.16. The number of fused-ring (bicyclic) bond motifs is 3. The zero-order valence-corrected chi connectivity index (χ0v) is 17.0. The molecule has 0 spiro atoms. The molecular formula is C24H27N3O2. The third kappa shape index (κ3) is 3.78. The molecule has 0 aliphatic carbocycles. The van der Waals surface area contributed by atoms with Crippen LogP contribution < -0.4 is 5.32 Å². The van der Waals surface area contributed by atoms with Crippen LogP contribution in [-0.4, -0.2) is 35.8 Å². The van der Waals surface area contributed by atoms with Crippen molar-refractivity contribution < 1.29 is 9.53 Å². The van der Waals surface area contributed by atoms with Crippen LogP contribution in [0.3, 0.4) is 0 Å². The number of hydrogen-bond donors (Lipinski definition) is 1. The predicted octanol–water partition coefficient (Wildman–Crippen LogP) is 4.44. The molecule has 0 radical (unpaired) electrons. The second-order valence-electron chi connectivity index (χ2n) is 7.40. The van der Waals surface area contributed by atoms with Gasteiger partial charge in [0.15, 0.2) is 0 Å². The SMILES string of the molecule is COCCCNC(=O)N1Cc2ccccc2-n2cccc2[C@H]1c1ccccc1C. The number of carbonyl (C=O) groups excluding carboxylic acids is 1. The van der Waals surface area contributed by atoms with E-state index in [0.29, 0.717) is 19.7 Å². The van der Waals surface area contributed by atoms with Crippen molar-refractivity contribution in [3.63, 3.8) is 0 Å². The molecule has 3 aromatic rings. The van der Waals surface area contributed by atoms with Gasteiger partial charge in [0.1, 0.15) is 6.04 Å². The molecule has 0 bridgehead atoms. The lowest BCUT2D eigenvalue weighted by molar-refractivity contribution is 0.174. The monoisotopic (exact) mass is 389 g/mol. The molecule has 4 rings (SSSR count). The topological polar surface area (TPSA) is 46.5 Å². The summed E-state index contributed by atoms with van der Waals surface area (Å²) in [6.07, 6.45) is 2.87. The highest BCUT2D eigenvalue weighted by atomic mass is 16.5. The van der Waals surface area contributed by atoms with E-state index in [-0.39, 0.29) is 12.1 Å². The van der Waals surface area contributed by atoms with E-state index in [1.165, 1.54) is 5.56 Å². The first-order chi connectivity index (χ1) is 14.2. The van der Waals surface area contributed by atoms with Gasteiger partial charge < -0.3 is 19.5 Å². The van der Waals surface area contributed by atoms with Crippen LogP contribution in [0.15, 0.2) is 66.9 Å². The fourth-order valence-corrected chi connectivity index (χ4v) is 4.07. The zero-order valence-electron chi connectivity index (χ0n) is 17.0. The van der Waals surface area contributed by atoms with Gasteiger partial charge in [-0.25, -0.2) is 4.79 Å². The van der Waals surface area contributed by atoms with E-state index in [1.807, 2.05) is 29.2 Å². The highest BCUT2D eigenvalue weighted by Gasteiger charge is 2.33. The van der Waals surface area contributed by atoms with Gasteiger partial charge in [0.25, 0.3) is 0 Å². The number of benzene rings is 2. The number of rotatable bonds is 5. The summed E-state index contributed by atoms with van der Waals surface area (Å²) < 4.78 is 7.32. The Balaban J connectivity index is 1.79. The third-order valence-corrected chi connectivity index (χ3v) is 5.51. The maximum Gasteiger partial charge on any atom is 0.318 e. The third-order valence-electron chi connectivity index (χ3n) is 5.51. The van der Waals surface area contributed by atoms with Crippen molar-refractivity contribution in [1.29, 1.82) is 0 Å². The van der Waals surface area contributed by atoms with E-state index in [2.05, 4.69) is 59.4 Å². The quantitative estimate of drug-likeness (QED) is 0.656. The number of ether oxygens (including phenoxy) is 1. The molecule has 1 N–H and O–H groups in total. The van der Waals surface area contributed by atoms with Gasteiger partial charge in [-0.05, 0) is 48.2 Å². The molecule has 5 heteroatoms. The second kappa shape index (κ2) is 8.53. The van der Waals surface area contributed by atoms with E-state index >= 15 is 0 Å². The Bertz CT molecular complexity index is 995. The molecule has 2 aromatic carbocycles. The minimum Gasteiger partial charge on any atom is -0.385 e. The summed E-state index contributed by atoms with van der Waals surface area (Å²) in [4.78, 5) is 15.3. The Hall–Kier alpha value is -3.05. The van der Waals surface area contributed by atoms with E-state index in [4.69, 9.17) is 4.74 Å². The number of amides is 2. The van der Waals surface area contributed by atoms with Crippen molar-refractivity contribution in [2.24, 2.45) is 0 Å². The standard InChI is InChI=1S/C24H27N3O2/c1-18-9-3-5-11-20(18)23-22-13-7-15-26(22)21-12-6-4-10-19(21)17-27(23)24(28)25-14-8-16-29-2/h3-7,9-13,15,23H,8,14,16-17H2,1-2H3,(H,25,28)/t23-/m1/s1. The minimum atomic E-state index is -0.166. The van der Waals surface area contributed by atoms with E-state index < -0.39 is 0 Å². The van der Waals surface area contributed by atoms with Crippen molar-refractivity contribution in [1.82, 2.24) is 14.8 Å². The minimum absolute atomic E-state index is 0.0567. The Labute approximate surface area is 171 Å². The predicted molar refractivity (Wildman–Crippen MR) is 114 cm³/mol. The molecule has 2 heterocycles. The van der Waals surface area contributed by atoms with Gasteiger partial charge in [-0.3, -0.25) is 0 Å². The summed E-state index contributed by atoms with van der Waals surface area (Å²) in [6.45, 7) is 3.88. The second-order valence-corrected chi connectivity index (χ2v) is 7.40. The molecule has 0 saturated carbocycles. The lowest BCUT2D eigenvalue weighted by atomic mass is 9.97. The molecule has 1 aromatic heterocycles. The van der Waals surface area contributed by atoms with Gasteiger partial charge in [-0.1, -0.05) is 42.5 Å². The van der Waals surface area contributed by atoms with Crippen molar-refractivity contribution >= 4 is 6.03 Å². The molecule has 0 unspecified atom stereocenters. The number of urea groups is 1. The van der Waals surface area contributed by atoms with Crippen molar-refractivity contribution in [2.45, 2.75) is 25.9 Å². The number of carbonyl (C=O) groups is 1. The van der Waals surface area contributed by atoms with E-state index in [0.717, 1.165) is 28.9 Å². The first-order valence-corrected chi connectivity index (χ1v) is 10.0. The van der Waals surface area contributed by atoms with Gasteiger partial charge in [-0.2, -0.15) is 0 Å². The number of nitrogens with one attached hydrogen (secondary N) is 1. The summed E-state index contributed by atoms with van der Waals surface area (Å²) in [6, 6.07) is 20.6. The van der Waals surface area contributed by atoms with Crippen molar-refractivity contribution in [2.75, 3.05) is 20.3 Å². The fraction of sp³-hybridized carbons (Fsp3) is 0.292. The number of hydrogen-bond acceptors (Lipinski definition) is 2. The molecule has 29 heavy (non-hydrogen) atoms. The smallest absolute Gasteiger partial charge is 0.318 e. The molecule has 2 amide bonds. The van der Waals surface area contributed by atoms with Gasteiger partial charge in [0, 0.05) is 32.2 Å². The Morgan fingerprint density at radius 1 is 1.10 bits per heavy atom. The highest BCUT2D eigenvalue weighted by Crippen LogP contribution is 2.37. The van der Waals surface area contributed by atoms with Crippen LogP contribution in [0.2, 0.25) is 0 Å². The summed E-state index contributed by atoms with van der Waals surface area (Å²) in [5.41, 5.74) is 5.67. The lowest BCUT2D eigenvalue weighted by Gasteiger charge is -2.32. The summed E-state index contributed by atoms with van der Waals surface area (Å²) in [5, 5.41) is 3.09. The number of nitrogens with zero attached hydrogens (tertiary/aromatic N) is 2. The van der Waals surface area contributed by atoms with Gasteiger partial charge in [0.05, 0.1) is 12.2 Å². The van der Waals surface area contributed by atoms with E-state index in [9.17, 15) is 4.79 Å². The number of aryl methyl sites for hydroxylation is 1. The van der Waals surface area contributed by atoms with E-state index in [1.54, 1.807) is 7.11 Å². The van der Waals surface area contributed by atoms with Crippen molar-refractivity contribution in [3.8, 4) is 5.69 Å². The van der Waals surface area contributed by atoms with Crippen LogP contribution in [0.4, 0.5) is 4.79 Å². The van der Waals surface area contributed by atoms with Crippen LogP contribution in [-0.2, 0) is 11.3 Å². The lowest BCUT2D eigenvalue weighted by Crippen LogP contribution is -2.42. The summed E-state index contributed by atoms with van der Waals surface area (Å²) in [5.74, 6) is 0. The van der Waals surface area contributed by atoms with Gasteiger partial charge in [-0.15, -0.1) is 0 Å². The average molecular weight is 389 g/mol. The number of aromatic nitrogens is 1. The maximum absolute atomic E-state index is 13.3. The first kappa shape index (κ1) is 19.3. The van der Waals surface area contributed by atoms with Crippen LogP contribution in [0.25, 0.3) is 5.69 Å². The van der Waals surface area contributed by atoms with Gasteiger partial charge in [0.2, 0.25) is 0 Å². The molecule has 1 atom stereocenters. The Morgan fingerprint density at radius 2 is 1.90 bits per heavy atom. The Morgan fingerprint density at radius 3 is 2.72 bits per heavy atom. The van der Waals surface area contributed by atoms with Crippen LogP contribution >= 0.6 is 0 Å². The number of para-hydroxylation sites is 1. The molecule has 0 saturated heterocycles. The summed E-state index contributed by atoms with van der Waals surface area (Å²) in [7, 11) is 1.68. The molecule has 0 fully saturated rings. The molecule has 5 nitrogen and oxygen atoms in total. The number of methoxy groups -OCH3 is 1. The normalized spacial score (nSPS) is 15.4. The van der Waals surface area contributed by atoms with Crippen molar-refractivity contribution in [3.05, 3.63) is 89.2 Å². The highest BCUT2D eigenvalue weighted by molar-refractivity contribution is 5.76. The van der Waals surface area contributed by atoms with Crippen LogP contribution in [0.1, 0.15) is 34.8 Å². The Kier molecular flexibility index (Phi) is 5.67. The zero-order chi connectivity index (χ0) is 20.2. The largest absolute Gasteiger partial charge is 0.385 e.